The van der Waals surface area contributed by atoms with Crippen LogP contribution in [0, 0.1) is 19.7 Å². The van der Waals surface area contributed by atoms with Crippen LogP contribution in [-0.4, -0.2) is 11.7 Å². The van der Waals surface area contributed by atoms with Gasteiger partial charge < -0.3 is 0 Å². The highest BCUT2D eigenvalue weighted by Crippen LogP contribution is 2.43. The minimum atomic E-state index is -0.363. The van der Waals surface area contributed by atoms with Gasteiger partial charge in [0.25, 0.3) is 0 Å². The summed E-state index contributed by atoms with van der Waals surface area (Å²) in [4.78, 5) is 27.7. The molecule has 0 spiro atoms. The summed E-state index contributed by atoms with van der Waals surface area (Å²) in [5, 5.41) is 0. The van der Waals surface area contributed by atoms with Crippen molar-refractivity contribution >= 4 is 17.4 Å². The normalized spacial score (nSPS) is 20.1. The van der Waals surface area contributed by atoms with Crippen LogP contribution < -0.4 is 4.90 Å². The minimum absolute atomic E-state index is 0.0392. The molecule has 0 aromatic heterocycles. The Balaban J connectivity index is 1.88. The number of ketones is 1. The molecule has 1 aliphatic carbocycles. The van der Waals surface area contributed by atoms with Crippen LogP contribution in [0.25, 0.3) is 0 Å². The van der Waals surface area contributed by atoms with E-state index >= 15 is 0 Å². The van der Waals surface area contributed by atoms with E-state index in [0.717, 1.165) is 28.9 Å². The van der Waals surface area contributed by atoms with Crippen molar-refractivity contribution in [2.75, 3.05) is 4.90 Å². The van der Waals surface area contributed by atoms with E-state index in [0.29, 0.717) is 24.0 Å². The number of nitrogens with zero attached hydrogens (tertiary/aromatic N) is 1. The van der Waals surface area contributed by atoms with Crippen molar-refractivity contribution in [2.24, 2.45) is 0 Å². The van der Waals surface area contributed by atoms with Gasteiger partial charge in [-0.25, -0.2) is 4.39 Å². The molecule has 0 saturated carbocycles. The van der Waals surface area contributed by atoms with Crippen LogP contribution >= 0.6 is 0 Å². The quantitative estimate of drug-likeness (QED) is 0.755. The van der Waals surface area contributed by atoms with Gasteiger partial charge in [-0.3, -0.25) is 14.5 Å². The maximum Gasteiger partial charge on any atom is 0.232 e. The first kappa shape index (κ1) is 17.7. The van der Waals surface area contributed by atoms with Gasteiger partial charge in [0.1, 0.15) is 5.82 Å². The van der Waals surface area contributed by atoms with Gasteiger partial charge in [0.05, 0.1) is 0 Å². The molecule has 4 rings (SSSR count). The average Bonchev–Trinajstić information content (AvgIpc) is 2.60. The Morgan fingerprint density at radius 3 is 2.44 bits per heavy atom. The fourth-order valence-electron chi connectivity index (χ4n) is 4.38. The van der Waals surface area contributed by atoms with Gasteiger partial charge in [-0.15, -0.1) is 0 Å². The summed E-state index contributed by atoms with van der Waals surface area (Å²) in [6.45, 7) is 4.00. The van der Waals surface area contributed by atoms with E-state index in [2.05, 4.69) is 6.07 Å². The number of Topliss-reactive ketones (excluding diaryl/α,β-unsaturated/α-hetero) is 1. The Morgan fingerprint density at radius 1 is 1.00 bits per heavy atom. The van der Waals surface area contributed by atoms with Gasteiger partial charge in [0.2, 0.25) is 5.91 Å². The molecule has 0 fully saturated rings. The fraction of sp³-hybridized carbons (Fsp3) is 0.304. The van der Waals surface area contributed by atoms with E-state index in [1.165, 1.54) is 12.1 Å². The summed E-state index contributed by atoms with van der Waals surface area (Å²) in [5.74, 6) is -0.671. The third-order valence-corrected chi connectivity index (χ3v) is 5.39. The maximum atomic E-state index is 13.8. The van der Waals surface area contributed by atoms with Gasteiger partial charge >= 0.3 is 0 Å². The standard InChI is InChI=1S/C23H22FNO2/c1-14-9-15(2)11-18(10-14)25-20-7-4-8-21(26)23(20)19(13-22(25)27)16-5-3-6-17(24)12-16/h3,5-6,9-12,19H,4,7-8,13H2,1-2H3. The Labute approximate surface area is 158 Å². The number of hydrogen-bond donors (Lipinski definition) is 0. The van der Waals surface area contributed by atoms with Crippen LogP contribution in [0.5, 0.6) is 0 Å². The van der Waals surface area contributed by atoms with Crippen LogP contribution in [0.3, 0.4) is 0 Å². The Morgan fingerprint density at radius 2 is 1.74 bits per heavy atom. The van der Waals surface area contributed by atoms with Crippen molar-refractivity contribution in [3.05, 3.63) is 76.2 Å². The number of anilines is 1. The Bertz CT molecular complexity index is 956. The summed E-state index contributed by atoms with van der Waals surface area (Å²) >= 11 is 0. The number of halogens is 1. The first-order valence-electron chi connectivity index (χ1n) is 9.37. The van der Waals surface area contributed by atoms with E-state index in [-0.39, 0.29) is 29.8 Å². The lowest BCUT2D eigenvalue weighted by Crippen LogP contribution is -2.40. The molecule has 1 aliphatic heterocycles. The number of hydrogen-bond acceptors (Lipinski definition) is 2. The molecule has 2 aromatic rings. The third-order valence-electron chi connectivity index (χ3n) is 5.39. The maximum absolute atomic E-state index is 13.8. The fourth-order valence-corrected chi connectivity index (χ4v) is 4.38. The third kappa shape index (κ3) is 3.20. The van der Waals surface area contributed by atoms with E-state index in [9.17, 15) is 14.0 Å². The number of carbonyl (C=O) groups is 2. The molecular weight excluding hydrogens is 341 g/mol. The van der Waals surface area contributed by atoms with Crippen LogP contribution in [-0.2, 0) is 9.59 Å². The van der Waals surface area contributed by atoms with Crippen LogP contribution in [0.2, 0.25) is 0 Å². The largest absolute Gasteiger partial charge is 0.294 e. The molecule has 2 aromatic carbocycles. The van der Waals surface area contributed by atoms with Gasteiger partial charge in [0, 0.05) is 35.7 Å². The number of rotatable bonds is 2. The van der Waals surface area contributed by atoms with Crippen molar-refractivity contribution in [2.45, 2.75) is 45.4 Å². The van der Waals surface area contributed by atoms with Crippen LogP contribution in [0.1, 0.15) is 48.3 Å². The zero-order chi connectivity index (χ0) is 19.1. The lowest BCUT2D eigenvalue weighted by atomic mass is 9.77. The van der Waals surface area contributed by atoms with Crippen molar-refractivity contribution in [3.63, 3.8) is 0 Å². The molecule has 1 amide bonds. The molecule has 1 heterocycles. The van der Waals surface area contributed by atoms with Gasteiger partial charge in [-0.2, -0.15) is 0 Å². The molecular formula is C23H22FNO2. The highest BCUT2D eigenvalue weighted by molar-refractivity contribution is 6.07. The van der Waals surface area contributed by atoms with E-state index in [1.807, 2.05) is 26.0 Å². The smallest absolute Gasteiger partial charge is 0.232 e. The number of allylic oxidation sites excluding steroid dienone is 2. The highest BCUT2D eigenvalue weighted by Gasteiger charge is 2.39. The van der Waals surface area contributed by atoms with Crippen LogP contribution in [0.15, 0.2) is 53.7 Å². The van der Waals surface area contributed by atoms with E-state index < -0.39 is 0 Å². The topological polar surface area (TPSA) is 37.4 Å². The molecule has 0 saturated heterocycles. The summed E-state index contributed by atoms with van der Waals surface area (Å²) in [7, 11) is 0. The first-order chi connectivity index (χ1) is 12.9. The molecule has 3 nitrogen and oxygen atoms in total. The number of aryl methyl sites for hydroxylation is 2. The molecule has 4 heteroatoms. The number of carbonyl (C=O) groups excluding carboxylic acids is 2. The summed E-state index contributed by atoms with van der Waals surface area (Å²) < 4.78 is 13.8. The lowest BCUT2D eigenvalue weighted by molar-refractivity contribution is -0.119. The highest BCUT2D eigenvalue weighted by atomic mass is 19.1. The number of amides is 1. The van der Waals surface area contributed by atoms with Crippen molar-refractivity contribution in [1.82, 2.24) is 0 Å². The zero-order valence-corrected chi connectivity index (χ0v) is 15.6. The summed E-state index contributed by atoms with van der Waals surface area (Å²) in [6, 6.07) is 12.3. The second-order valence-electron chi connectivity index (χ2n) is 7.52. The summed E-state index contributed by atoms with van der Waals surface area (Å²) in [5.41, 5.74) is 5.15. The van der Waals surface area contributed by atoms with Gasteiger partial charge in [0.15, 0.2) is 5.78 Å². The molecule has 0 radical (unpaired) electrons. The first-order valence-corrected chi connectivity index (χ1v) is 9.37. The van der Waals surface area contributed by atoms with Gasteiger partial charge in [-0.1, -0.05) is 18.2 Å². The summed E-state index contributed by atoms with van der Waals surface area (Å²) in [6.07, 6.45) is 2.09. The predicted molar refractivity (Wildman–Crippen MR) is 103 cm³/mol. The molecule has 0 N–H and O–H groups in total. The van der Waals surface area contributed by atoms with Crippen molar-refractivity contribution in [3.8, 4) is 0 Å². The molecule has 1 atom stereocenters. The van der Waals surface area contributed by atoms with E-state index in [1.54, 1.807) is 17.0 Å². The second kappa shape index (κ2) is 6.76. The van der Waals surface area contributed by atoms with Gasteiger partial charge in [-0.05, 0) is 67.6 Å². The SMILES string of the molecule is Cc1cc(C)cc(N2C(=O)CC(c3cccc(F)c3)C3=C2CCCC3=O)c1. The molecule has 1 unspecified atom stereocenters. The molecule has 138 valence electrons. The monoisotopic (exact) mass is 363 g/mol. The lowest BCUT2D eigenvalue weighted by Gasteiger charge is -2.38. The molecule has 0 bridgehead atoms. The minimum Gasteiger partial charge on any atom is -0.294 e. The molecule has 27 heavy (non-hydrogen) atoms. The average molecular weight is 363 g/mol. The number of benzene rings is 2. The Kier molecular flexibility index (Phi) is 4.42. The van der Waals surface area contributed by atoms with E-state index in [4.69, 9.17) is 0 Å². The van der Waals surface area contributed by atoms with Crippen molar-refractivity contribution in [1.29, 1.82) is 0 Å². The van der Waals surface area contributed by atoms with Crippen LogP contribution in [0.4, 0.5) is 10.1 Å². The second-order valence-corrected chi connectivity index (χ2v) is 7.52. The zero-order valence-electron chi connectivity index (χ0n) is 15.6. The van der Waals surface area contributed by atoms with Crippen molar-refractivity contribution < 1.29 is 14.0 Å². The molecule has 2 aliphatic rings. The Hall–Kier alpha value is -2.75. The predicted octanol–water partition coefficient (Wildman–Crippen LogP) is 4.97.